The van der Waals surface area contributed by atoms with E-state index in [0.717, 1.165) is 12.8 Å². The fourth-order valence-electron chi connectivity index (χ4n) is 1.54. The summed E-state index contributed by atoms with van der Waals surface area (Å²) in [5, 5.41) is 18.8. The molecule has 0 aliphatic heterocycles. The highest BCUT2D eigenvalue weighted by Crippen LogP contribution is 2.45. The van der Waals surface area contributed by atoms with E-state index < -0.39 is 6.10 Å². The van der Waals surface area contributed by atoms with E-state index in [1.54, 1.807) is 0 Å². The molecular formula is C13H20O3. The Labute approximate surface area is 97.1 Å². The monoisotopic (exact) mass is 224 g/mol. The molecule has 1 fully saturated rings. The fourth-order valence-corrected chi connectivity index (χ4v) is 1.54. The van der Waals surface area contributed by atoms with E-state index in [-0.39, 0.29) is 18.1 Å². The highest BCUT2D eigenvalue weighted by Gasteiger charge is 2.43. The molecule has 0 radical (unpaired) electrons. The van der Waals surface area contributed by atoms with Crippen molar-refractivity contribution in [1.82, 2.24) is 0 Å². The second-order valence-electron chi connectivity index (χ2n) is 4.48. The van der Waals surface area contributed by atoms with Crippen LogP contribution in [0.3, 0.4) is 0 Å². The minimum absolute atomic E-state index is 0.0602. The van der Waals surface area contributed by atoms with Crippen molar-refractivity contribution < 1.29 is 14.9 Å². The van der Waals surface area contributed by atoms with Crippen molar-refractivity contribution in [3.63, 3.8) is 0 Å². The molecule has 90 valence electrons. The number of terminal acetylenes is 1. The molecule has 16 heavy (non-hydrogen) atoms. The second kappa shape index (κ2) is 6.05. The van der Waals surface area contributed by atoms with Gasteiger partial charge in [-0.1, -0.05) is 6.08 Å². The first-order valence-electron chi connectivity index (χ1n) is 5.64. The molecule has 0 heterocycles. The SMILES string of the molecule is C#CCCC(OCC1(CO)CC1)C(O)C=C. The number of hydrogen-bond donors (Lipinski definition) is 2. The van der Waals surface area contributed by atoms with Gasteiger partial charge < -0.3 is 14.9 Å². The first kappa shape index (κ1) is 13.2. The second-order valence-corrected chi connectivity index (χ2v) is 4.48. The van der Waals surface area contributed by atoms with Crippen molar-refractivity contribution >= 4 is 0 Å². The van der Waals surface area contributed by atoms with Crippen LogP contribution in [0.5, 0.6) is 0 Å². The Morgan fingerprint density at radius 1 is 1.56 bits per heavy atom. The highest BCUT2D eigenvalue weighted by molar-refractivity contribution is 4.94. The summed E-state index contributed by atoms with van der Waals surface area (Å²) in [6, 6.07) is 0. The Morgan fingerprint density at radius 2 is 2.25 bits per heavy atom. The van der Waals surface area contributed by atoms with E-state index >= 15 is 0 Å². The van der Waals surface area contributed by atoms with Gasteiger partial charge in [0.05, 0.1) is 25.4 Å². The first-order chi connectivity index (χ1) is 7.67. The number of aliphatic hydroxyl groups is 2. The minimum Gasteiger partial charge on any atom is -0.396 e. The molecule has 0 bridgehead atoms. The van der Waals surface area contributed by atoms with E-state index in [9.17, 15) is 5.11 Å². The van der Waals surface area contributed by atoms with Crippen molar-refractivity contribution in [1.29, 1.82) is 0 Å². The van der Waals surface area contributed by atoms with Crippen molar-refractivity contribution in [2.45, 2.75) is 37.9 Å². The van der Waals surface area contributed by atoms with Crippen LogP contribution in [0.25, 0.3) is 0 Å². The van der Waals surface area contributed by atoms with Gasteiger partial charge in [0.15, 0.2) is 0 Å². The van der Waals surface area contributed by atoms with Gasteiger partial charge in [0.2, 0.25) is 0 Å². The van der Waals surface area contributed by atoms with Crippen LogP contribution in [0.15, 0.2) is 12.7 Å². The van der Waals surface area contributed by atoms with E-state index in [4.69, 9.17) is 16.3 Å². The Kier molecular flexibility index (Phi) is 5.01. The van der Waals surface area contributed by atoms with Gasteiger partial charge >= 0.3 is 0 Å². The summed E-state index contributed by atoms with van der Waals surface area (Å²) in [4.78, 5) is 0. The van der Waals surface area contributed by atoms with Gasteiger partial charge in [0, 0.05) is 11.8 Å². The van der Waals surface area contributed by atoms with E-state index in [2.05, 4.69) is 12.5 Å². The molecule has 2 atom stereocenters. The lowest BCUT2D eigenvalue weighted by Gasteiger charge is -2.23. The predicted octanol–water partition coefficient (Wildman–Crippen LogP) is 1.10. The lowest BCUT2D eigenvalue weighted by Crippen LogP contribution is -2.30. The number of aliphatic hydroxyl groups excluding tert-OH is 2. The van der Waals surface area contributed by atoms with Gasteiger partial charge in [-0.15, -0.1) is 18.9 Å². The third-order valence-electron chi connectivity index (χ3n) is 3.09. The molecule has 0 spiro atoms. The van der Waals surface area contributed by atoms with Gasteiger partial charge in [-0.3, -0.25) is 0 Å². The van der Waals surface area contributed by atoms with Crippen LogP contribution in [0.4, 0.5) is 0 Å². The van der Waals surface area contributed by atoms with Gasteiger partial charge in [-0.05, 0) is 19.3 Å². The third-order valence-corrected chi connectivity index (χ3v) is 3.09. The van der Waals surface area contributed by atoms with Crippen LogP contribution in [0, 0.1) is 17.8 Å². The molecule has 1 aliphatic rings. The largest absolute Gasteiger partial charge is 0.396 e. The lowest BCUT2D eigenvalue weighted by atomic mass is 10.1. The van der Waals surface area contributed by atoms with Crippen LogP contribution in [0.1, 0.15) is 25.7 Å². The van der Waals surface area contributed by atoms with Crippen LogP contribution < -0.4 is 0 Å². The summed E-state index contributed by atoms with van der Waals surface area (Å²) in [5.74, 6) is 2.53. The summed E-state index contributed by atoms with van der Waals surface area (Å²) in [6.07, 6.45) is 8.82. The van der Waals surface area contributed by atoms with Gasteiger partial charge in [0.1, 0.15) is 0 Å². The molecule has 2 unspecified atom stereocenters. The minimum atomic E-state index is -0.692. The van der Waals surface area contributed by atoms with Gasteiger partial charge in [-0.2, -0.15) is 0 Å². The molecule has 0 saturated heterocycles. The average molecular weight is 224 g/mol. The van der Waals surface area contributed by atoms with Crippen molar-refractivity contribution in [3.05, 3.63) is 12.7 Å². The normalized spacial score (nSPS) is 20.8. The van der Waals surface area contributed by atoms with Crippen LogP contribution in [-0.2, 0) is 4.74 Å². The van der Waals surface area contributed by atoms with Gasteiger partial charge in [0.25, 0.3) is 0 Å². The average Bonchev–Trinajstić information content (AvgIpc) is 3.09. The maximum Gasteiger partial charge on any atom is 0.0980 e. The van der Waals surface area contributed by atoms with Crippen LogP contribution in [0.2, 0.25) is 0 Å². The summed E-state index contributed by atoms with van der Waals surface area (Å²) in [5.41, 5.74) is -0.0602. The third kappa shape index (κ3) is 3.64. The van der Waals surface area contributed by atoms with Crippen molar-refractivity contribution in [2.24, 2.45) is 5.41 Å². The van der Waals surface area contributed by atoms with E-state index in [0.29, 0.717) is 19.4 Å². The molecule has 0 aromatic carbocycles. The molecule has 3 heteroatoms. The zero-order valence-corrected chi connectivity index (χ0v) is 9.56. The summed E-state index contributed by atoms with van der Waals surface area (Å²) >= 11 is 0. The van der Waals surface area contributed by atoms with E-state index in [1.807, 2.05) is 0 Å². The Bertz CT molecular complexity index is 263. The molecule has 0 amide bonds. The smallest absolute Gasteiger partial charge is 0.0980 e. The Morgan fingerprint density at radius 3 is 2.69 bits per heavy atom. The molecule has 0 aromatic rings. The summed E-state index contributed by atoms with van der Waals surface area (Å²) < 4.78 is 5.64. The number of ether oxygens (including phenoxy) is 1. The van der Waals surface area contributed by atoms with Crippen LogP contribution in [-0.4, -0.2) is 35.6 Å². The molecule has 3 nitrogen and oxygen atoms in total. The zero-order chi connectivity index (χ0) is 12.0. The van der Waals surface area contributed by atoms with Crippen molar-refractivity contribution in [3.8, 4) is 12.3 Å². The standard InChI is InChI=1S/C13H20O3/c1-3-5-6-12(11(15)4-2)16-10-13(9-14)7-8-13/h1,4,11-12,14-15H,2,5-10H2. The van der Waals surface area contributed by atoms with Gasteiger partial charge in [-0.25, -0.2) is 0 Å². The molecule has 1 saturated carbocycles. The topological polar surface area (TPSA) is 49.7 Å². The Hall–Kier alpha value is -0.820. The predicted molar refractivity (Wildman–Crippen MR) is 62.8 cm³/mol. The molecule has 1 aliphatic carbocycles. The fraction of sp³-hybridized carbons (Fsp3) is 0.692. The van der Waals surface area contributed by atoms with E-state index in [1.165, 1.54) is 6.08 Å². The maximum atomic E-state index is 9.66. The van der Waals surface area contributed by atoms with Crippen LogP contribution >= 0.6 is 0 Å². The quantitative estimate of drug-likeness (QED) is 0.479. The molecule has 1 rings (SSSR count). The molecular weight excluding hydrogens is 204 g/mol. The zero-order valence-electron chi connectivity index (χ0n) is 9.56. The lowest BCUT2D eigenvalue weighted by molar-refractivity contribution is -0.0466. The van der Waals surface area contributed by atoms with Crippen molar-refractivity contribution in [2.75, 3.05) is 13.2 Å². The molecule has 2 N–H and O–H groups in total. The first-order valence-corrected chi connectivity index (χ1v) is 5.64. The number of hydrogen-bond acceptors (Lipinski definition) is 3. The summed E-state index contributed by atoms with van der Waals surface area (Å²) in [7, 11) is 0. The highest BCUT2D eigenvalue weighted by atomic mass is 16.5. The Balaban J connectivity index is 2.37. The summed E-state index contributed by atoms with van der Waals surface area (Å²) in [6.45, 7) is 4.18. The number of rotatable bonds is 8. The molecule has 0 aromatic heterocycles. The maximum absolute atomic E-state index is 9.66.